The topological polar surface area (TPSA) is 110 Å². The lowest BCUT2D eigenvalue weighted by Crippen LogP contribution is -2.29. The zero-order valence-electron chi connectivity index (χ0n) is 18.8. The standard InChI is InChI=1S/C24H18F3N5O3S/c1-2-36(34,35)19-11-17(16-5-3-15(12-28)4-6-16)13-29-21(19)32-22(33)31-14-18(7-8-20(31)30-32)23(9-10-23)24(25,26)27/h3-8,11,13-14H,2,9-10H2,1H3. The lowest BCUT2D eigenvalue weighted by Gasteiger charge is -2.19. The van der Waals surface area contributed by atoms with Crippen LogP contribution in [0.1, 0.15) is 30.9 Å². The van der Waals surface area contributed by atoms with Crippen LogP contribution in [0.15, 0.2) is 64.5 Å². The third-order valence-corrected chi connectivity index (χ3v) is 8.19. The molecule has 0 atom stereocenters. The summed E-state index contributed by atoms with van der Waals surface area (Å²) in [5.41, 5.74) is -1.34. The van der Waals surface area contributed by atoms with Crippen LogP contribution in [0, 0.1) is 11.3 Å². The number of nitriles is 1. The first-order valence-electron chi connectivity index (χ1n) is 10.9. The summed E-state index contributed by atoms with van der Waals surface area (Å²) >= 11 is 0. The van der Waals surface area contributed by atoms with E-state index in [1.165, 1.54) is 31.3 Å². The van der Waals surface area contributed by atoms with E-state index in [0.717, 1.165) is 15.3 Å². The number of halogens is 3. The summed E-state index contributed by atoms with van der Waals surface area (Å²) in [6.07, 6.45) is -2.10. The highest BCUT2D eigenvalue weighted by molar-refractivity contribution is 7.91. The van der Waals surface area contributed by atoms with E-state index in [2.05, 4.69) is 10.1 Å². The van der Waals surface area contributed by atoms with Gasteiger partial charge < -0.3 is 0 Å². The molecule has 36 heavy (non-hydrogen) atoms. The summed E-state index contributed by atoms with van der Waals surface area (Å²) in [5, 5.41) is 13.1. The van der Waals surface area contributed by atoms with Gasteiger partial charge in [0.15, 0.2) is 21.3 Å². The van der Waals surface area contributed by atoms with Crippen LogP contribution in [-0.4, -0.2) is 39.5 Å². The van der Waals surface area contributed by atoms with Crippen LogP contribution in [0.3, 0.4) is 0 Å². The van der Waals surface area contributed by atoms with Gasteiger partial charge in [-0.2, -0.15) is 23.1 Å². The third kappa shape index (κ3) is 3.67. The highest BCUT2D eigenvalue weighted by Gasteiger charge is 2.64. The fourth-order valence-corrected chi connectivity index (χ4v) is 5.17. The van der Waals surface area contributed by atoms with Crippen molar-refractivity contribution in [2.75, 3.05) is 5.75 Å². The molecule has 0 amide bonds. The Morgan fingerprint density at radius 3 is 2.39 bits per heavy atom. The van der Waals surface area contributed by atoms with Crippen LogP contribution in [0.5, 0.6) is 0 Å². The predicted molar refractivity (Wildman–Crippen MR) is 123 cm³/mol. The summed E-state index contributed by atoms with van der Waals surface area (Å²) in [7, 11) is -3.89. The minimum atomic E-state index is -4.45. The average Bonchev–Trinajstić information content (AvgIpc) is 3.63. The smallest absolute Gasteiger partial charge is 0.250 e. The van der Waals surface area contributed by atoms with Gasteiger partial charge in [-0.1, -0.05) is 25.1 Å². The van der Waals surface area contributed by atoms with Gasteiger partial charge >= 0.3 is 11.9 Å². The lowest BCUT2D eigenvalue weighted by atomic mass is 9.97. The van der Waals surface area contributed by atoms with Crippen molar-refractivity contribution < 1.29 is 21.6 Å². The van der Waals surface area contributed by atoms with Crippen LogP contribution < -0.4 is 5.69 Å². The van der Waals surface area contributed by atoms with Gasteiger partial charge in [0.05, 0.1) is 22.8 Å². The van der Waals surface area contributed by atoms with E-state index in [9.17, 15) is 26.4 Å². The number of nitrogens with zero attached hydrogens (tertiary/aromatic N) is 5. The Morgan fingerprint density at radius 1 is 1.11 bits per heavy atom. The number of sulfone groups is 1. The fourth-order valence-electron chi connectivity index (χ4n) is 4.13. The molecule has 0 spiro atoms. The summed E-state index contributed by atoms with van der Waals surface area (Å²) < 4.78 is 68.4. The fraction of sp³-hybridized carbons (Fsp3) is 0.250. The van der Waals surface area contributed by atoms with Gasteiger partial charge in [0.2, 0.25) is 0 Å². The molecule has 0 radical (unpaired) electrons. The number of hydrogen-bond donors (Lipinski definition) is 0. The van der Waals surface area contributed by atoms with Gasteiger partial charge in [-0.05, 0) is 48.2 Å². The summed E-state index contributed by atoms with van der Waals surface area (Å²) in [6, 6.07) is 12.4. The molecular formula is C24H18F3N5O3S. The second-order valence-electron chi connectivity index (χ2n) is 8.56. The van der Waals surface area contributed by atoms with Crippen LogP contribution in [-0.2, 0) is 15.3 Å². The van der Waals surface area contributed by atoms with Crippen LogP contribution in [0.25, 0.3) is 22.6 Å². The van der Waals surface area contributed by atoms with Crippen molar-refractivity contribution in [1.29, 1.82) is 5.26 Å². The van der Waals surface area contributed by atoms with E-state index in [4.69, 9.17) is 5.26 Å². The van der Waals surface area contributed by atoms with Gasteiger partial charge in [0.1, 0.15) is 4.90 Å². The van der Waals surface area contributed by atoms with Crippen LogP contribution in [0.4, 0.5) is 13.2 Å². The Morgan fingerprint density at radius 2 is 1.81 bits per heavy atom. The number of rotatable bonds is 5. The van der Waals surface area contributed by atoms with Crippen LogP contribution >= 0.6 is 0 Å². The monoisotopic (exact) mass is 513 g/mol. The maximum Gasteiger partial charge on any atom is 0.398 e. The molecule has 1 aliphatic carbocycles. The van der Waals surface area contributed by atoms with Crippen molar-refractivity contribution in [3.63, 3.8) is 0 Å². The molecule has 0 saturated heterocycles. The minimum absolute atomic E-state index is 0.0466. The Kier molecular flexibility index (Phi) is 5.29. The Balaban J connectivity index is 1.67. The second-order valence-corrected chi connectivity index (χ2v) is 10.8. The summed E-state index contributed by atoms with van der Waals surface area (Å²) in [5.74, 6) is -0.528. The molecule has 1 fully saturated rings. The molecule has 1 aromatic carbocycles. The Labute approximate surface area is 203 Å². The number of benzene rings is 1. The second kappa shape index (κ2) is 8.03. The first kappa shape index (κ1) is 23.7. The Bertz CT molecular complexity index is 1710. The zero-order chi connectivity index (χ0) is 25.9. The molecule has 0 bridgehead atoms. The number of fused-ring (bicyclic) bond motifs is 1. The maximum atomic E-state index is 13.6. The minimum Gasteiger partial charge on any atom is -0.250 e. The van der Waals surface area contributed by atoms with Gasteiger partial charge in [-0.25, -0.2) is 22.6 Å². The molecule has 0 N–H and O–H groups in total. The number of alkyl halides is 3. The molecular weight excluding hydrogens is 495 g/mol. The van der Waals surface area contributed by atoms with Crippen molar-refractivity contribution in [3.8, 4) is 23.0 Å². The average molecular weight is 514 g/mol. The summed E-state index contributed by atoms with van der Waals surface area (Å²) in [6.45, 7) is 1.44. The van der Waals surface area contributed by atoms with E-state index in [1.807, 2.05) is 6.07 Å². The largest absolute Gasteiger partial charge is 0.398 e. The van der Waals surface area contributed by atoms with Crippen LogP contribution in [0.2, 0.25) is 0 Å². The van der Waals surface area contributed by atoms with Gasteiger partial charge in [0.25, 0.3) is 0 Å². The van der Waals surface area contributed by atoms with E-state index < -0.39 is 27.1 Å². The molecule has 0 aliphatic heterocycles. The van der Waals surface area contributed by atoms with Crippen molar-refractivity contribution in [1.82, 2.24) is 19.2 Å². The molecule has 8 nitrogen and oxygen atoms in total. The highest BCUT2D eigenvalue weighted by atomic mass is 32.2. The van der Waals surface area contributed by atoms with E-state index in [0.29, 0.717) is 16.7 Å². The van der Waals surface area contributed by atoms with Crippen molar-refractivity contribution in [2.45, 2.75) is 36.3 Å². The van der Waals surface area contributed by atoms with Crippen molar-refractivity contribution in [2.24, 2.45) is 0 Å². The quantitative estimate of drug-likeness (QED) is 0.402. The van der Waals surface area contributed by atoms with E-state index in [-0.39, 0.29) is 40.5 Å². The molecule has 12 heteroatoms. The van der Waals surface area contributed by atoms with Gasteiger partial charge in [0, 0.05) is 18.0 Å². The van der Waals surface area contributed by atoms with Crippen molar-refractivity contribution in [3.05, 3.63) is 76.5 Å². The third-order valence-electron chi connectivity index (χ3n) is 6.46. The number of pyridine rings is 2. The molecule has 0 unspecified atom stereocenters. The molecule has 5 rings (SSSR count). The molecule has 4 aromatic rings. The highest BCUT2D eigenvalue weighted by Crippen LogP contribution is 2.58. The normalized spacial score (nSPS) is 15.1. The Hall–Kier alpha value is -3.98. The van der Waals surface area contributed by atoms with Crippen molar-refractivity contribution >= 4 is 15.5 Å². The maximum absolute atomic E-state index is 13.6. The van der Waals surface area contributed by atoms with E-state index in [1.54, 1.807) is 24.3 Å². The predicted octanol–water partition coefficient (Wildman–Crippen LogP) is 3.81. The molecule has 1 aliphatic rings. The number of aromatic nitrogens is 4. The summed E-state index contributed by atoms with van der Waals surface area (Å²) in [4.78, 5) is 17.2. The molecule has 3 heterocycles. The first-order valence-corrected chi connectivity index (χ1v) is 12.6. The van der Waals surface area contributed by atoms with Gasteiger partial charge in [-0.15, -0.1) is 5.10 Å². The first-order chi connectivity index (χ1) is 17.0. The number of hydrogen-bond acceptors (Lipinski definition) is 6. The molecule has 3 aromatic heterocycles. The SMILES string of the molecule is CCS(=O)(=O)c1cc(-c2ccc(C#N)cc2)cnc1-n1nc2ccc(C3(C(F)(F)F)CC3)cn2c1=O. The lowest BCUT2D eigenvalue weighted by molar-refractivity contribution is -0.160. The molecule has 184 valence electrons. The van der Waals surface area contributed by atoms with Gasteiger partial charge in [-0.3, -0.25) is 0 Å². The zero-order valence-corrected chi connectivity index (χ0v) is 19.6. The van der Waals surface area contributed by atoms with E-state index >= 15 is 0 Å². The molecule has 1 saturated carbocycles.